The number of nitrogens with zero attached hydrogens (tertiary/aromatic N) is 4. The molecule has 1 aliphatic carbocycles. The van der Waals surface area contributed by atoms with Crippen molar-refractivity contribution >= 4 is 40.7 Å². The van der Waals surface area contributed by atoms with E-state index in [1.165, 1.54) is 0 Å². The van der Waals surface area contributed by atoms with Crippen LogP contribution in [0, 0.1) is 5.92 Å². The number of fused-ring (bicyclic) bond motifs is 3. The number of benzene rings is 2. The molecule has 1 amide bonds. The van der Waals surface area contributed by atoms with Crippen molar-refractivity contribution in [3.8, 4) is 11.3 Å². The van der Waals surface area contributed by atoms with Crippen LogP contribution >= 0.6 is 0 Å². The molecule has 4 aromatic rings. The molecule has 0 radical (unpaired) electrons. The summed E-state index contributed by atoms with van der Waals surface area (Å²) in [6.45, 7) is 5.67. The summed E-state index contributed by atoms with van der Waals surface area (Å²) in [6, 6.07) is 11.0. The molecule has 10 heteroatoms. The van der Waals surface area contributed by atoms with E-state index >= 15 is 0 Å². The van der Waals surface area contributed by atoms with E-state index in [4.69, 9.17) is 14.7 Å². The first-order chi connectivity index (χ1) is 17.2. The number of hydrogen-bond donors (Lipinski definition) is 3. The van der Waals surface area contributed by atoms with Crippen LogP contribution in [-0.4, -0.2) is 59.7 Å². The average Bonchev–Trinajstić information content (AvgIpc) is 3.34. The smallest absolute Gasteiger partial charge is 0.444 e. The van der Waals surface area contributed by atoms with Gasteiger partial charge in [0.25, 0.3) is 0 Å². The Balaban J connectivity index is 1.31. The van der Waals surface area contributed by atoms with Crippen molar-refractivity contribution in [2.45, 2.75) is 57.7 Å². The van der Waals surface area contributed by atoms with Gasteiger partial charge in [0.15, 0.2) is 0 Å². The second kappa shape index (κ2) is 8.28. The van der Waals surface area contributed by atoms with Gasteiger partial charge >= 0.3 is 13.2 Å². The number of H-pyrrole nitrogens is 1. The third-order valence-electron chi connectivity index (χ3n) is 7.18. The van der Waals surface area contributed by atoms with E-state index in [2.05, 4.69) is 9.97 Å². The lowest BCUT2D eigenvalue weighted by atomic mass is 9.80. The van der Waals surface area contributed by atoms with Crippen molar-refractivity contribution < 1.29 is 19.6 Å². The third-order valence-corrected chi connectivity index (χ3v) is 7.18. The van der Waals surface area contributed by atoms with E-state index in [0.717, 1.165) is 41.7 Å². The summed E-state index contributed by atoms with van der Waals surface area (Å²) in [4.78, 5) is 32.4. The first-order valence-electron chi connectivity index (χ1n) is 12.3. The van der Waals surface area contributed by atoms with Crippen LogP contribution in [0.15, 0.2) is 42.6 Å². The molecule has 1 aliphatic heterocycles. The highest BCUT2D eigenvalue weighted by atomic mass is 16.6. The Kier molecular flexibility index (Phi) is 5.28. The number of ether oxygens (including phenoxy) is 1. The Morgan fingerprint density at radius 3 is 2.61 bits per heavy atom. The molecular weight excluding hydrogens is 457 g/mol. The Morgan fingerprint density at radius 1 is 1.08 bits per heavy atom. The van der Waals surface area contributed by atoms with Gasteiger partial charge in [-0.15, -0.1) is 0 Å². The van der Waals surface area contributed by atoms with Crippen LogP contribution in [0.4, 0.5) is 4.79 Å². The molecule has 3 atom stereocenters. The van der Waals surface area contributed by atoms with E-state index < -0.39 is 12.7 Å². The van der Waals surface area contributed by atoms with Gasteiger partial charge in [0, 0.05) is 11.6 Å². The summed E-state index contributed by atoms with van der Waals surface area (Å²) in [5.74, 6) is 1.27. The zero-order chi connectivity index (χ0) is 25.2. The lowest BCUT2D eigenvalue weighted by Crippen LogP contribution is -2.46. The maximum atomic E-state index is 13.1. The van der Waals surface area contributed by atoms with Gasteiger partial charge in [0.1, 0.15) is 11.4 Å². The lowest BCUT2D eigenvalue weighted by molar-refractivity contribution is 0.00481. The van der Waals surface area contributed by atoms with Crippen molar-refractivity contribution in [1.29, 1.82) is 0 Å². The molecule has 1 saturated heterocycles. The van der Waals surface area contributed by atoms with E-state index in [1.54, 1.807) is 24.4 Å². The Labute approximate surface area is 208 Å². The molecule has 2 aromatic heterocycles. The second-order valence-electron chi connectivity index (χ2n) is 10.8. The molecule has 0 bridgehead atoms. The molecule has 6 rings (SSSR count). The quantitative estimate of drug-likeness (QED) is 0.381. The SMILES string of the molecule is CC(C)(C)OC(=O)N1[C@@H]2CC[C@@H]2C[C@H]1c1nc2ccc(-c3cnc4cc(B(O)O)ccc4n3)cc2[nH]1. The minimum Gasteiger partial charge on any atom is -0.444 e. The highest BCUT2D eigenvalue weighted by Gasteiger charge is 2.51. The fraction of sp³-hybridized carbons (Fsp3) is 0.385. The molecule has 1 saturated carbocycles. The van der Waals surface area contributed by atoms with Gasteiger partial charge in [0.2, 0.25) is 0 Å². The first-order valence-corrected chi connectivity index (χ1v) is 12.3. The van der Waals surface area contributed by atoms with Gasteiger partial charge < -0.3 is 19.8 Å². The van der Waals surface area contributed by atoms with Crippen molar-refractivity contribution in [1.82, 2.24) is 24.8 Å². The molecule has 36 heavy (non-hydrogen) atoms. The highest BCUT2D eigenvalue weighted by molar-refractivity contribution is 6.58. The van der Waals surface area contributed by atoms with Crippen molar-refractivity contribution in [3.63, 3.8) is 0 Å². The highest BCUT2D eigenvalue weighted by Crippen LogP contribution is 2.49. The number of imidazole rings is 1. The largest absolute Gasteiger partial charge is 0.488 e. The molecule has 2 fully saturated rings. The summed E-state index contributed by atoms with van der Waals surface area (Å²) in [5.41, 5.74) is 4.35. The minimum atomic E-state index is -1.55. The summed E-state index contributed by atoms with van der Waals surface area (Å²) in [7, 11) is -1.55. The Hall–Kier alpha value is -3.50. The number of carbonyl (C=O) groups is 1. The van der Waals surface area contributed by atoms with E-state index in [-0.39, 0.29) is 18.2 Å². The van der Waals surface area contributed by atoms with Crippen LogP contribution in [0.2, 0.25) is 0 Å². The standard InChI is InChI=1S/C26H28BN5O4/c1-26(2,3)36-25(33)32-22-9-5-15(22)11-23(32)24-30-18-7-4-14(10-20(18)31-24)21-13-28-19-12-16(27(34)35)6-8-17(19)29-21/h4,6-8,10,12-13,15,22-23,34-35H,5,9,11H2,1-3H3,(H,30,31)/t15-,22-,23+/m1/s1. The van der Waals surface area contributed by atoms with E-state index in [1.807, 2.05) is 43.9 Å². The monoisotopic (exact) mass is 485 g/mol. The Morgan fingerprint density at radius 2 is 1.89 bits per heavy atom. The second-order valence-corrected chi connectivity index (χ2v) is 10.8. The number of aromatic amines is 1. The Bertz CT molecular complexity index is 1480. The average molecular weight is 485 g/mol. The molecule has 9 nitrogen and oxygen atoms in total. The molecule has 0 unspecified atom stereocenters. The summed E-state index contributed by atoms with van der Waals surface area (Å²) < 4.78 is 5.73. The van der Waals surface area contributed by atoms with E-state index in [9.17, 15) is 14.8 Å². The fourth-order valence-electron chi connectivity index (χ4n) is 5.32. The van der Waals surface area contributed by atoms with Crippen LogP contribution in [0.1, 0.15) is 51.9 Å². The van der Waals surface area contributed by atoms with Crippen LogP contribution in [0.5, 0.6) is 0 Å². The predicted octanol–water partition coefficient (Wildman–Crippen LogP) is 3.31. The zero-order valence-corrected chi connectivity index (χ0v) is 20.5. The number of likely N-dealkylation sites (tertiary alicyclic amines) is 1. The van der Waals surface area contributed by atoms with Gasteiger partial charge in [-0.25, -0.2) is 14.8 Å². The van der Waals surface area contributed by atoms with Crippen molar-refractivity contribution in [2.24, 2.45) is 5.92 Å². The van der Waals surface area contributed by atoms with Gasteiger partial charge in [-0.05, 0) is 75.7 Å². The summed E-state index contributed by atoms with van der Waals surface area (Å²) in [5, 5.41) is 18.8. The number of hydrogen-bond acceptors (Lipinski definition) is 7. The number of nitrogens with one attached hydrogen (secondary N) is 1. The molecule has 3 N–H and O–H groups in total. The maximum absolute atomic E-state index is 13.1. The molecular formula is C26H28BN5O4. The normalized spacial score (nSPS) is 21.5. The molecule has 2 aromatic carbocycles. The summed E-state index contributed by atoms with van der Waals surface area (Å²) in [6.07, 6.45) is 4.42. The van der Waals surface area contributed by atoms with Crippen molar-refractivity contribution in [2.75, 3.05) is 0 Å². The van der Waals surface area contributed by atoms with Gasteiger partial charge in [-0.1, -0.05) is 12.1 Å². The van der Waals surface area contributed by atoms with Gasteiger partial charge in [-0.2, -0.15) is 0 Å². The summed E-state index contributed by atoms with van der Waals surface area (Å²) >= 11 is 0. The molecule has 2 aliphatic rings. The molecule has 3 heterocycles. The molecule has 184 valence electrons. The molecule has 0 spiro atoms. The minimum absolute atomic E-state index is 0.135. The first kappa shape index (κ1) is 22.9. The van der Waals surface area contributed by atoms with Crippen LogP contribution < -0.4 is 5.46 Å². The van der Waals surface area contributed by atoms with Gasteiger partial charge in [0.05, 0.1) is 40.0 Å². The number of aromatic nitrogens is 4. The zero-order valence-electron chi connectivity index (χ0n) is 20.5. The van der Waals surface area contributed by atoms with E-state index in [0.29, 0.717) is 28.1 Å². The van der Waals surface area contributed by atoms with Crippen molar-refractivity contribution in [3.05, 3.63) is 48.4 Å². The topological polar surface area (TPSA) is 124 Å². The fourth-order valence-corrected chi connectivity index (χ4v) is 5.32. The number of amides is 1. The number of rotatable bonds is 3. The van der Waals surface area contributed by atoms with Crippen LogP contribution in [0.3, 0.4) is 0 Å². The van der Waals surface area contributed by atoms with Gasteiger partial charge in [-0.3, -0.25) is 9.88 Å². The predicted molar refractivity (Wildman–Crippen MR) is 136 cm³/mol. The van der Waals surface area contributed by atoms with Crippen LogP contribution in [0.25, 0.3) is 33.3 Å². The maximum Gasteiger partial charge on any atom is 0.488 e. The lowest BCUT2D eigenvalue weighted by Gasteiger charge is -2.37. The number of carbonyl (C=O) groups excluding carboxylic acids is 1. The van der Waals surface area contributed by atoms with Crippen LogP contribution in [-0.2, 0) is 4.74 Å². The third kappa shape index (κ3) is 4.00.